The molecule has 0 atom stereocenters. The second kappa shape index (κ2) is 5.64. The van der Waals surface area contributed by atoms with Crippen molar-refractivity contribution < 1.29 is 4.42 Å². The average Bonchev–Trinajstić information content (AvgIpc) is 3.42. The lowest BCUT2D eigenvalue weighted by molar-refractivity contribution is 0.667. The molecule has 142 valence electrons. The third-order valence-electron chi connectivity index (χ3n) is 5.53. The number of hydrogen-bond acceptors (Lipinski definition) is 5. The van der Waals surface area contributed by atoms with Crippen LogP contribution in [0.3, 0.4) is 0 Å². The van der Waals surface area contributed by atoms with E-state index in [9.17, 15) is 0 Å². The van der Waals surface area contributed by atoms with Crippen molar-refractivity contribution in [1.29, 1.82) is 0 Å². The maximum atomic E-state index is 5.93. The Morgan fingerprint density at radius 2 is 1.57 bits per heavy atom. The molecule has 0 N–H and O–H groups in total. The van der Waals surface area contributed by atoms with Crippen molar-refractivity contribution in [3.05, 3.63) is 72.4 Å². The quantitative estimate of drug-likeness (QED) is 0.318. The molecule has 0 saturated heterocycles. The highest BCUT2D eigenvalue weighted by Crippen LogP contribution is 2.37. The summed E-state index contributed by atoms with van der Waals surface area (Å²) in [5, 5.41) is 0. The number of pyridine rings is 2. The Bertz CT molecular complexity index is 1770. The topological polar surface area (TPSA) is 56.2 Å². The largest absolute Gasteiger partial charge is 0.453 e. The van der Waals surface area contributed by atoms with Gasteiger partial charge in [-0.05, 0) is 49.4 Å². The number of aromatic nitrogens is 4. The summed E-state index contributed by atoms with van der Waals surface area (Å²) in [5.41, 5.74) is 9.37. The lowest BCUT2D eigenvalue weighted by Gasteiger charge is -2.03. The first-order chi connectivity index (χ1) is 14.8. The molecular formula is C24H14N4OS. The SMILES string of the molecule is Cc1ccc2oc3ccc(-c4cccc5c4sc4nc6ccccc6n45)nc3c2n1. The van der Waals surface area contributed by atoms with Gasteiger partial charge in [-0.3, -0.25) is 4.40 Å². The van der Waals surface area contributed by atoms with Gasteiger partial charge < -0.3 is 4.42 Å². The molecule has 5 aromatic heterocycles. The van der Waals surface area contributed by atoms with Crippen LogP contribution in [-0.4, -0.2) is 19.4 Å². The maximum Gasteiger partial charge on any atom is 0.195 e. The molecule has 0 unspecified atom stereocenters. The highest BCUT2D eigenvalue weighted by atomic mass is 32.1. The molecule has 5 heterocycles. The van der Waals surface area contributed by atoms with Gasteiger partial charge in [0.1, 0.15) is 11.0 Å². The molecule has 0 amide bonds. The molecule has 30 heavy (non-hydrogen) atoms. The highest BCUT2D eigenvalue weighted by molar-refractivity contribution is 7.24. The summed E-state index contributed by atoms with van der Waals surface area (Å²) in [6, 6.07) is 22.5. The first-order valence-corrected chi connectivity index (χ1v) is 10.5. The summed E-state index contributed by atoms with van der Waals surface area (Å²) in [6.07, 6.45) is 0. The van der Waals surface area contributed by atoms with Gasteiger partial charge in [0.15, 0.2) is 16.1 Å². The van der Waals surface area contributed by atoms with E-state index in [2.05, 4.69) is 45.8 Å². The molecule has 0 aliphatic carbocycles. The van der Waals surface area contributed by atoms with Gasteiger partial charge in [0.25, 0.3) is 0 Å². The van der Waals surface area contributed by atoms with E-state index in [4.69, 9.17) is 14.4 Å². The van der Waals surface area contributed by atoms with Crippen molar-refractivity contribution in [2.75, 3.05) is 0 Å². The zero-order valence-corrected chi connectivity index (χ0v) is 16.8. The van der Waals surface area contributed by atoms with E-state index in [-0.39, 0.29) is 0 Å². The number of aryl methyl sites for hydroxylation is 1. The smallest absolute Gasteiger partial charge is 0.195 e. The van der Waals surface area contributed by atoms with E-state index in [1.54, 1.807) is 11.3 Å². The molecule has 5 nitrogen and oxygen atoms in total. The van der Waals surface area contributed by atoms with Crippen molar-refractivity contribution in [2.45, 2.75) is 6.92 Å². The van der Waals surface area contributed by atoms with E-state index >= 15 is 0 Å². The van der Waals surface area contributed by atoms with Crippen LogP contribution in [0.15, 0.2) is 71.1 Å². The Hall–Kier alpha value is -3.77. The number of fused-ring (bicyclic) bond motifs is 8. The zero-order chi connectivity index (χ0) is 19.8. The lowest BCUT2D eigenvalue weighted by atomic mass is 10.1. The van der Waals surface area contributed by atoms with E-state index in [1.165, 1.54) is 4.70 Å². The Morgan fingerprint density at radius 1 is 0.767 bits per heavy atom. The third kappa shape index (κ3) is 2.08. The van der Waals surface area contributed by atoms with Crippen LogP contribution in [0.1, 0.15) is 5.69 Å². The molecule has 0 radical (unpaired) electrons. The number of thiazole rings is 1. The van der Waals surface area contributed by atoms with E-state index in [0.29, 0.717) is 0 Å². The molecule has 0 spiro atoms. The molecule has 0 aliphatic rings. The first-order valence-electron chi connectivity index (χ1n) is 9.72. The van der Waals surface area contributed by atoms with Crippen molar-refractivity contribution in [3.8, 4) is 11.3 Å². The van der Waals surface area contributed by atoms with Gasteiger partial charge >= 0.3 is 0 Å². The van der Waals surface area contributed by atoms with Crippen LogP contribution >= 0.6 is 11.3 Å². The van der Waals surface area contributed by atoms with Crippen LogP contribution in [0.4, 0.5) is 0 Å². The number of furan rings is 1. The number of imidazole rings is 1. The number of para-hydroxylation sites is 2. The van der Waals surface area contributed by atoms with Gasteiger partial charge in [-0.25, -0.2) is 15.0 Å². The second-order valence-electron chi connectivity index (χ2n) is 7.42. The summed E-state index contributed by atoms with van der Waals surface area (Å²) in [7, 11) is 0. The van der Waals surface area contributed by atoms with Gasteiger partial charge in [-0.15, -0.1) is 0 Å². The fourth-order valence-corrected chi connectivity index (χ4v) is 5.33. The van der Waals surface area contributed by atoms with Crippen LogP contribution in [-0.2, 0) is 0 Å². The van der Waals surface area contributed by atoms with Gasteiger partial charge in [0, 0.05) is 11.3 Å². The Morgan fingerprint density at radius 3 is 2.50 bits per heavy atom. The van der Waals surface area contributed by atoms with E-state index in [0.717, 1.165) is 60.7 Å². The monoisotopic (exact) mass is 406 g/mol. The normalized spacial score (nSPS) is 12.2. The fourth-order valence-electron chi connectivity index (χ4n) is 4.17. The minimum Gasteiger partial charge on any atom is -0.453 e. The molecule has 6 heteroatoms. The predicted octanol–water partition coefficient (Wildman–Crippen LogP) is 6.37. The molecule has 0 saturated carbocycles. The zero-order valence-electron chi connectivity index (χ0n) is 16.0. The second-order valence-corrected chi connectivity index (χ2v) is 8.40. The Labute approximate surface area is 174 Å². The number of nitrogens with zero attached hydrogens (tertiary/aromatic N) is 4. The minimum atomic E-state index is 0.756. The number of hydrogen-bond donors (Lipinski definition) is 0. The highest BCUT2D eigenvalue weighted by Gasteiger charge is 2.16. The molecule has 2 aromatic carbocycles. The van der Waals surface area contributed by atoms with Gasteiger partial charge in [0.2, 0.25) is 0 Å². The van der Waals surface area contributed by atoms with Gasteiger partial charge in [-0.1, -0.05) is 35.6 Å². The number of rotatable bonds is 1. The first kappa shape index (κ1) is 16.1. The van der Waals surface area contributed by atoms with E-state index < -0.39 is 0 Å². The van der Waals surface area contributed by atoms with E-state index in [1.807, 2.05) is 37.3 Å². The minimum absolute atomic E-state index is 0.756. The third-order valence-corrected chi connectivity index (χ3v) is 6.62. The summed E-state index contributed by atoms with van der Waals surface area (Å²) in [5.74, 6) is 0. The van der Waals surface area contributed by atoms with Crippen LogP contribution in [0.25, 0.3) is 59.7 Å². The lowest BCUT2D eigenvalue weighted by Crippen LogP contribution is -1.87. The van der Waals surface area contributed by atoms with Crippen molar-refractivity contribution in [1.82, 2.24) is 19.4 Å². The average molecular weight is 406 g/mol. The molecule has 7 aromatic rings. The molecule has 0 bridgehead atoms. The van der Waals surface area contributed by atoms with Crippen molar-refractivity contribution in [3.63, 3.8) is 0 Å². The molecular weight excluding hydrogens is 392 g/mol. The summed E-state index contributed by atoms with van der Waals surface area (Å²) < 4.78 is 9.34. The van der Waals surface area contributed by atoms with Crippen LogP contribution in [0, 0.1) is 6.92 Å². The predicted molar refractivity (Wildman–Crippen MR) is 121 cm³/mol. The summed E-state index contributed by atoms with van der Waals surface area (Å²) in [4.78, 5) is 15.4. The van der Waals surface area contributed by atoms with Crippen LogP contribution in [0.5, 0.6) is 0 Å². The van der Waals surface area contributed by atoms with Crippen LogP contribution < -0.4 is 0 Å². The van der Waals surface area contributed by atoms with Gasteiger partial charge in [-0.2, -0.15) is 0 Å². The molecule has 0 aliphatic heterocycles. The van der Waals surface area contributed by atoms with Gasteiger partial charge in [0.05, 0.1) is 26.9 Å². The van der Waals surface area contributed by atoms with Crippen molar-refractivity contribution >= 4 is 59.7 Å². The van der Waals surface area contributed by atoms with Crippen LogP contribution in [0.2, 0.25) is 0 Å². The summed E-state index contributed by atoms with van der Waals surface area (Å²) >= 11 is 1.70. The fraction of sp³-hybridized carbons (Fsp3) is 0.0417. The summed E-state index contributed by atoms with van der Waals surface area (Å²) in [6.45, 7) is 1.98. The Balaban J connectivity index is 1.54. The Kier molecular flexibility index (Phi) is 3.02. The van der Waals surface area contributed by atoms with Crippen molar-refractivity contribution in [2.24, 2.45) is 0 Å². The molecule has 7 rings (SSSR count). The standard InChI is InChI=1S/C24H14N4OS/c1-13-9-11-19-21(25-13)22-20(29-19)12-10-15(26-22)14-5-4-8-18-23(14)30-24-27-16-6-2-3-7-17(16)28(18)24/h2-12H,1H3. The number of benzene rings is 2. The molecule has 0 fully saturated rings. The maximum absolute atomic E-state index is 5.93.